The summed E-state index contributed by atoms with van der Waals surface area (Å²) in [6.45, 7) is 5.52. The molecule has 4 nitrogen and oxygen atoms in total. The number of nitrogens with zero attached hydrogens (tertiary/aromatic N) is 2. The van der Waals surface area contributed by atoms with E-state index in [2.05, 4.69) is 57.4 Å². The van der Waals surface area contributed by atoms with Crippen LogP contribution < -0.4 is 10.6 Å². The Kier molecular flexibility index (Phi) is 4.13. The van der Waals surface area contributed by atoms with Gasteiger partial charge in [0, 0.05) is 61.2 Å². The molecule has 0 amide bonds. The summed E-state index contributed by atoms with van der Waals surface area (Å²) in [4.78, 5) is 8.38. The number of nitrogens with one attached hydrogen (secondary N) is 1. The quantitative estimate of drug-likeness (QED) is 0.726. The van der Waals surface area contributed by atoms with Gasteiger partial charge in [-0.1, -0.05) is 18.2 Å². The summed E-state index contributed by atoms with van der Waals surface area (Å²) in [7, 11) is 0. The molecule has 0 spiro atoms. The Morgan fingerprint density at radius 2 is 1.67 bits per heavy atom. The summed E-state index contributed by atoms with van der Waals surface area (Å²) in [6.07, 6.45) is 3.27. The van der Waals surface area contributed by atoms with Crippen molar-refractivity contribution in [3.8, 4) is 0 Å². The maximum Gasteiger partial charge on any atom is 0.0456 e. The summed E-state index contributed by atoms with van der Waals surface area (Å²) >= 11 is 0. The van der Waals surface area contributed by atoms with Gasteiger partial charge >= 0.3 is 0 Å². The number of fused-ring (bicyclic) bond motifs is 1. The van der Waals surface area contributed by atoms with E-state index in [1.54, 1.807) is 0 Å². The third-order valence-corrected chi connectivity index (χ3v) is 5.00. The fourth-order valence-corrected chi connectivity index (χ4v) is 3.53. The number of aromatic nitrogens is 1. The number of nitrogen functional groups attached to an aromatic ring is 1. The molecule has 1 aliphatic heterocycles. The molecular weight excluding hydrogens is 296 g/mol. The Morgan fingerprint density at radius 1 is 0.917 bits per heavy atom. The lowest BCUT2D eigenvalue weighted by Gasteiger charge is -2.36. The zero-order chi connectivity index (χ0) is 16.4. The molecule has 0 radical (unpaired) electrons. The van der Waals surface area contributed by atoms with Crippen molar-refractivity contribution in [1.82, 2.24) is 9.88 Å². The predicted molar refractivity (Wildman–Crippen MR) is 102 cm³/mol. The lowest BCUT2D eigenvalue weighted by atomic mass is 10.1. The molecule has 1 saturated heterocycles. The van der Waals surface area contributed by atoms with E-state index in [1.807, 2.05) is 12.1 Å². The highest BCUT2D eigenvalue weighted by Crippen LogP contribution is 2.20. The normalized spacial score (nSPS) is 15.9. The molecule has 1 aliphatic rings. The molecule has 124 valence electrons. The van der Waals surface area contributed by atoms with Gasteiger partial charge < -0.3 is 15.6 Å². The molecule has 1 aromatic heterocycles. The maximum atomic E-state index is 5.77. The van der Waals surface area contributed by atoms with Crippen LogP contribution in [-0.2, 0) is 6.42 Å². The first-order valence-electron chi connectivity index (χ1n) is 8.67. The molecule has 0 bridgehead atoms. The molecule has 3 aromatic rings. The fraction of sp³-hybridized carbons (Fsp3) is 0.300. The minimum absolute atomic E-state index is 0.830. The highest BCUT2D eigenvalue weighted by Gasteiger charge is 2.17. The Balaban J connectivity index is 1.32. The second-order valence-electron chi connectivity index (χ2n) is 6.53. The number of hydrogen-bond donors (Lipinski definition) is 2. The van der Waals surface area contributed by atoms with Gasteiger partial charge in [-0.2, -0.15) is 0 Å². The number of para-hydroxylation sites is 1. The van der Waals surface area contributed by atoms with E-state index in [0.717, 1.165) is 44.8 Å². The summed E-state index contributed by atoms with van der Waals surface area (Å²) in [5, 5.41) is 1.36. The van der Waals surface area contributed by atoms with Crippen molar-refractivity contribution in [1.29, 1.82) is 0 Å². The number of H-pyrrole nitrogens is 1. The first kappa shape index (κ1) is 15.1. The summed E-state index contributed by atoms with van der Waals surface area (Å²) in [6, 6.07) is 16.8. The van der Waals surface area contributed by atoms with Crippen molar-refractivity contribution < 1.29 is 0 Å². The Morgan fingerprint density at radius 3 is 2.46 bits per heavy atom. The van der Waals surface area contributed by atoms with Gasteiger partial charge in [-0.15, -0.1) is 0 Å². The molecular formula is C20H24N4. The van der Waals surface area contributed by atoms with Crippen molar-refractivity contribution in [2.45, 2.75) is 6.42 Å². The van der Waals surface area contributed by atoms with Crippen LogP contribution in [-0.4, -0.2) is 42.6 Å². The predicted octanol–water partition coefficient (Wildman–Crippen LogP) is 3.11. The topological polar surface area (TPSA) is 48.3 Å². The summed E-state index contributed by atoms with van der Waals surface area (Å²) in [5.41, 5.74) is 10.5. The van der Waals surface area contributed by atoms with Crippen molar-refractivity contribution in [3.05, 3.63) is 60.3 Å². The van der Waals surface area contributed by atoms with Crippen LogP contribution in [0.5, 0.6) is 0 Å². The number of piperazine rings is 1. The number of rotatable bonds is 4. The van der Waals surface area contributed by atoms with E-state index in [1.165, 1.54) is 22.2 Å². The van der Waals surface area contributed by atoms with E-state index < -0.39 is 0 Å². The number of hydrogen-bond acceptors (Lipinski definition) is 3. The summed E-state index contributed by atoms with van der Waals surface area (Å²) < 4.78 is 0. The zero-order valence-corrected chi connectivity index (χ0v) is 13.9. The van der Waals surface area contributed by atoms with E-state index in [0.29, 0.717) is 0 Å². The van der Waals surface area contributed by atoms with E-state index in [-0.39, 0.29) is 0 Å². The zero-order valence-electron chi connectivity index (χ0n) is 13.9. The molecule has 2 heterocycles. The molecule has 4 heteroatoms. The van der Waals surface area contributed by atoms with Crippen LogP contribution in [0.2, 0.25) is 0 Å². The van der Waals surface area contributed by atoms with Crippen LogP contribution in [0.1, 0.15) is 5.56 Å². The molecule has 4 rings (SSSR count). The van der Waals surface area contributed by atoms with Gasteiger partial charge in [0.05, 0.1) is 0 Å². The standard InChI is InChI=1S/C20H24N4/c21-17-5-7-18(8-6-17)24-13-11-23(12-14-24)10-9-16-15-22-20-4-2-1-3-19(16)20/h1-8,15,22H,9-14,21H2. The van der Waals surface area contributed by atoms with Gasteiger partial charge in [0.1, 0.15) is 0 Å². The Hall–Kier alpha value is -2.46. The fourth-order valence-electron chi connectivity index (χ4n) is 3.53. The van der Waals surface area contributed by atoms with E-state index in [4.69, 9.17) is 5.73 Å². The van der Waals surface area contributed by atoms with Crippen molar-refractivity contribution in [2.24, 2.45) is 0 Å². The van der Waals surface area contributed by atoms with Crippen LogP contribution in [0, 0.1) is 0 Å². The number of anilines is 2. The molecule has 0 atom stereocenters. The molecule has 0 saturated carbocycles. The SMILES string of the molecule is Nc1ccc(N2CCN(CCc3c[nH]c4ccccc34)CC2)cc1. The van der Waals surface area contributed by atoms with Gasteiger partial charge in [0.15, 0.2) is 0 Å². The number of benzene rings is 2. The Bertz CT molecular complexity index is 798. The van der Waals surface area contributed by atoms with Crippen molar-refractivity contribution >= 4 is 22.3 Å². The summed E-state index contributed by atoms with van der Waals surface area (Å²) in [5.74, 6) is 0. The Labute approximate surface area is 142 Å². The van der Waals surface area contributed by atoms with Crippen LogP contribution in [0.15, 0.2) is 54.7 Å². The largest absolute Gasteiger partial charge is 0.399 e. The second-order valence-corrected chi connectivity index (χ2v) is 6.53. The van der Waals surface area contributed by atoms with Crippen molar-refractivity contribution in [2.75, 3.05) is 43.4 Å². The van der Waals surface area contributed by atoms with E-state index in [9.17, 15) is 0 Å². The van der Waals surface area contributed by atoms with Gasteiger partial charge in [-0.25, -0.2) is 0 Å². The van der Waals surface area contributed by atoms with Crippen LogP contribution in [0.25, 0.3) is 10.9 Å². The average molecular weight is 320 g/mol. The highest BCUT2D eigenvalue weighted by molar-refractivity contribution is 5.83. The minimum Gasteiger partial charge on any atom is -0.399 e. The van der Waals surface area contributed by atoms with Crippen LogP contribution in [0.4, 0.5) is 11.4 Å². The average Bonchev–Trinajstić information content (AvgIpc) is 3.04. The monoisotopic (exact) mass is 320 g/mol. The van der Waals surface area contributed by atoms with Gasteiger partial charge in [-0.3, -0.25) is 4.90 Å². The van der Waals surface area contributed by atoms with Gasteiger partial charge in [0.25, 0.3) is 0 Å². The smallest absolute Gasteiger partial charge is 0.0456 e. The second kappa shape index (κ2) is 6.57. The van der Waals surface area contributed by atoms with Gasteiger partial charge in [-0.05, 0) is 42.3 Å². The molecule has 0 aliphatic carbocycles. The van der Waals surface area contributed by atoms with Crippen LogP contribution >= 0.6 is 0 Å². The molecule has 1 fully saturated rings. The van der Waals surface area contributed by atoms with Gasteiger partial charge in [0.2, 0.25) is 0 Å². The molecule has 24 heavy (non-hydrogen) atoms. The van der Waals surface area contributed by atoms with Crippen LogP contribution in [0.3, 0.4) is 0 Å². The maximum absolute atomic E-state index is 5.77. The third-order valence-electron chi connectivity index (χ3n) is 5.00. The lowest BCUT2D eigenvalue weighted by Crippen LogP contribution is -2.46. The molecule has 0 unspecified atom stereocenters. The molecule has 3 N–H and O–H groups in total. The number of nitrogens with two attached hydrogens (primary N) is 1. The molecule has 2 aromatic carbocycles. The van der Waals surface area contributed by atoms with Crippen molar-refractivity contribution in [3.63, 3.8) is 0 Å². The first-order valence-corrected chi connectivity index (χ1v) is 8.67. The highest BCUT2D eigenvalue weighted by atomic mass is 15.3. The third kappa shape index (κ3) is 3.10. The first-order chi connectivity index (χ1) is 11.8. The lowest BCUT2D eigenvalue weighted by molar-refractivity contribution is 0.261. The van der Waals surface area contributed by atoms with E-state index >= 15 is 0 Å². The minimum atomic E-state index is 0.830. The number of aromatic amines is 1.